The van der Waals surface area contributed by atoms with E-state index in [4.69, 9.17) is 5.11 Å². The summed E-state index contributed by atoms with van der Waals surface area (Å²) in [7, 11) is 1.23. The van der Waals surface area contributed by atoms with Gasteiger partial charge in [0.1, 0.15) is 12.8 Å². The fraction of sp³-hybridized carbons (Fsp3) is 0.333. The summed E-state index contributed by atoms with van der Waals surface area (Å²) >= 11 is 1.05. The monoisotopic (exact) mass is 273 g/mol. The Bertz CT molecular complexity index is 471. The predicted octanol–water partition coefficient (Wildman–Crippen LogP) is 1.15. The minimum Gasteiger partial charge on any atom is -0.476 e. The van der Waals surface area contributed by atoms with Crippen molar-refractivity contribution in [2.45, 2.75) is 6.92 Å². The Labute approximate surface area is 106 Å². The third-order valence-corrected chi connectivity index (χ3v) is 2.37. The first-order valence-electron chi connectivity index (χ1n) is 4.82. The average molecular weight is 273 g/mol. The molecule has 0 fully saturated rings. The third kappa shape index (κ3) is 3.70. The van der Waals surface area contributed by atoms with E-state index < -0.39 is 12.1 Å². The number of rotatable bonds is 5. The van der Waals surface area contributed by atoms with Crippen LogP contribution in [0.2, 0.25) is 0 Å². The Balaban J connectivity index is 2.82. The zero-order valence-corrected chi connectivity index (χ0v) is 10.5. The summed E-state index contributed by atoms with van der Waals surface area (Å²) in [5.74, 6) is -1.27. The molecule has 98 valence electrons. The highest BCUT2D eigenvalue weighted by atomic mass is 32.1. The van der Waals surface area contributed by atoms with Crippen molar-refractivity contribution in [3.05, 3.63) is 11.1 Å². The molecular weight excluding hydrogens is 262 g/mol. The number of carbonyl (C=O) groups is 2. The van der Waals surface area contributed by atoms with Crippen LogP contribution in [0, 0.1) is 0 Å². The molecule has 1 rings (SSSR count). The number of hydrogen-bond donors (Lipinski definition) is 2. The summed E-state index contributed by atoms with van der Waals surface area (Å²) in [5, 5.41) is 16.2. The zero-order valence-electron chi connectivity index (χ0n) is 9.67. The van der Waals surface area contributed by atoms with Crippen LogP contribution in [0.5, 0.6) is 0 Å². The van der Waals surface area contributed by atoms with Crippen LogP contribution in [0.25, 0.3) is 0 Å². The quantitative estimate of drug-likeness (QED) is 0.615. The minimum absolute atomic E-state index is 0.0983. The maximum atomic E-state index is 11.1. The normalized spacial score (nSPS) is 10.9. The topological polar surface area (TPSA) is 110 Å². The number of aromatic nitrogens is 1. The van der Waals surface area contributed by atoms with Crippen molar-refractivity contribution >= 4 is 34.2 Å². The highest BCUT2D eigenvalue weighted by Gasteiger charge is 2.18. The van der Waals surface area contributed by atoms with E-state index in [-0.39, 0.29) is 23.1 Å². The zero-order chi connectivity index (χ0) is 13.5. The average Bonchev–Trinajstić information content (AvgIpc) is 2.73. The molecule has 2 N–H and O–H groups in total. The van der Waals surface area contributed by atoms with Gasteiger partial charge < -0.3 is 14.7 Å². The van der Waals surface area contributed by atoms with Gasteiger partial charge in [-0.2, -0.15) is 0 Å². The lowest BCUT2D eigenvalue weighted by atomic mass is 10.3. The van der Waals surface area contributed by atoms with E-state index in [1.54, 1.807) is 6.92 Å². The van der Waals surface area contributed by atoms with Gasteiger partial charge in [-0.15, -0.1) is 11.3 Å². The van der Waals surface area contributed by atoms with Crippen LogP contribution in [-0.4, -0.2) is 41.6 Å². The summed E-state index contributed by atoms with van der Waals surface area (Å²) in [6, 6.07) is 0. The molecule has 18 heavy (non-hydrogen) atoms. The second-order valence-electron chi connectivity index (χ2n) is 2.81. The van der Waals surface area contributed by atoms with Gasteiger partial charge in [-0.05, 0) is 6.92 Å². The lowest BCUT2D eigenvalue weighted by molar-refractivity contribution is -0.129. The Kier molecular flexibility index (Phi) is 5.06. The number of carboxylic acids is 1. The molecule has 0 saturated carbocycles. The fourth-order valence-corrected chi connectivity index (χ4v) is 1.66. The summed E-state index contributed by atoms with van der Waals surface area (Å²) in [6.45, 7) is 1.90. The molecule has 0 aromatic carbocycles. The predicted molar refractivity (Wildman–Crippen MR) is 63.9 cm³/mol. The van der Waals surface area contributed by atoms with E-state index in [9.17, 15) is 9.59 Å². The van der Waals surface area contributed by atoms with Gasteiger partial charge in [-0.25, -0.2) is 14.6 Å². The standard InChI is InChI=1S/C9H11N3O5S/c1-3-17-9(15)11-8-10-5(4-18-8)6(7(13)14)12-16-2/h4H,3H2,1-2H3,(H,13,14)(H,10,11,15)/b12-6+. The first-order valence-corrected chi connectivity index (χ1v) is 5.70. The third-order valence-electron chi connectivity index (χ3n) is 1.62. The molecule has 0 aliphatic rings. The first kappa shape index (κ1) is 13.9. The van der Waals surface area contributed by atoms with Crippen LogP contribution in [0.4, 0.5) is 9.93 Å². The number of ether oxygens (including phenoxy) is 1. The van der Waals surface area contributed by atoms with Crippen LogP contribution < -0.4 is 5.32 Å². The van der Waals surface area contributed by atoms with Gasteiger partial charge in [0.25, 0.3) is 0 Å². The van der Waals surface area contributed by atoms with Gasteiger partial charge in [0.15, 0.2) is 5.13 Å². The van der Waals surface area contributed by atoms with E-state index >= 15 is 0 Å². The summed E-state index contributed by atoms with van der Waals surface area (Å²) < 4.78 is 4.66. The highest BCUT2D eigenvalue weighted by molar-refractivity contribution is 7.14. The molecule has 1 aromatic heterocycles. The van der Waals surface area contributed by atoms with Crippen molar-refractivity contribution in [2.24, 2.45) is 5.16 Å². The van der Waals surface area contributed by atoms with Crippen LogP contribution in [-0.2, 0) is 14.4 Å². The van der Waals surface area contributed by atoms with Gasteiger partial charge in [0.05, 0.1) is 6.61 Å². The largest absolute Gasteiger partial charge is 0.476 e. The highest BCUT2D eigenvalue weighted by Crippen LogP contribution is 2.16. The van der Waals surface area contributed by atoms with Crippen LogP contribution in [0.15, 0.2) is 10.5 Å². The van der Waals surface area contributed by atoms with Gasteiger partial charge in [0, 0.05) is 5.38 Å². The van der Waals surface area contributed by atoms with Crippen molar-refractivity contribution in [1.29, 1.82) is 0 Å². The molecule has 0 saturated heterocycles. The molecule has 0 unspecified atom stereocenters. The Morgan fingerprint density at radius 3 is 2.89 bits per heavy atom. The number of thiazole rings is 1. The Morgan fingerprint density at radius 2 is 2.33 bits per heavy atom. The van der Waals surface area contributed by atoms with Gasteiger partial charge >= 0.3 is 12.1 Å². The molecule has 0 aliphatic heterocycles. The summed E-state index contributed by atoms with van der Waals surface area (Å²) in [5.41, 5.74) is -0.244. The number of anilines is 1. The van der Waals surface area contributed by atoms with E-state index in [0.29, 0.717) is 0 Å². The molecular formula is C9H11N3O5S. The Hall–Kier alpha value is -2.16. The van der Waals surface area contributed by atoms with Crippen LogP contribution in [0.1, 0.15) is 12.6 Å². The second-order valence-corrected chi connectivity index (χ2v) is 3.67. The molecule has 1 aromatic rings. The van der Waals surface area contributed by atoms with Crippen LogP contribution in [0.3, 0.4) is 0 Å². The lowest BCUT2D eigenvalue weighted by Crippen LogP contribution is -2.16. The van der Waals surface area contributed by atoms with Crippen molar-refractivity contribution in [1.82, 2.24) is 4.98 Å². The molecule has 0 radical (unpaired) electrons. The number of aliphatic carboxylic acids is 1. The maximum absolute atomic E-state index is 11.1. The van der Waals surface area contributed by atoms with Gasteiger partial charge in [-0.3, -0.25) is 5.32 Å². The maximum Gasteiger partial charge on any atom is 0.413 e. The van der Waals surface area contributed by atoms with Crippen molar-refractivity contribution in [2.75, 3.05) is 19.0 Å². The number of nitrogens with zero attached hydrogens (tertiary/aromatic N) is 2. The van der Waals surface area contributed by atoms with Crippen molar-refractivity contribution in [3.8, 4) is 0 Å². The van der Waals surface area contributed by atoms with E-state index in [0.717, 1.165) is 11.3 Å². The second kappa shape index (κ2) is 6.55. The first-order chi connectivity index (χ1) is 8.58. The van der Waals surface area contributed by atoms with E-state index in [2.05, 4.69) is 25.0 Å². The summed E-state index contributed by atoms with van der Waals surface area (Å²) in [4.78, 5) is 30.3. The van der Waals surface area contributed by atoms with E-state index in [1.807, 2.05) is 0 Å². The van der Waals surface area contributed by atoms with Gasteiger partial charge in [0.2, 0.25) is 5.71 Å². The smallest absolute Gasteiger partial charge is 0.413 e. The van der Waals surface area contributed by atoms with Crippen LogP contribution >= 0.6 is 11.3 Å². The number of carbonyl (C=O) groups excluding carboxylic acids is 1. The number of carboxylic acid groups (broad SMARTS) is 1. The lowest BCUT2D eigenvalue weighted by Gasteiger charge is -2.00. The molecule has 0 spiro atoms. The number of oxime groups is 1. The van der Waals surface area contributed by atoms with Crippen molar-refractivity contribution in [3.63, 3.8) is 0 Å². The number of nitrogens with one attached hydrogen (secondary N) is 1. The fourth-order valence-electron chi connectivity index (χ4n) is 0.981. The van der Waals surface area contributed by atoms with Crippen molar-refractivity contribution < 1.29 is 24.3 Å². The SMILES string of the molecule is CCOC(=O)Nc1nc(/C(=N\OC)C(=O)O)cs1. The molecule has 1 heterocycles. The minimum atomic E-state index is -1.27. The number of hydrogen-bond acceptors (Lipinski definition) is 7. The molecule has 8 nitrogen and oxygen atoms in total. The molecule has 0 bridgehead atoms. The summed E-state index contributed by atoms with van der Waals surface area (Å²) in [6.07, 6.45) is -0.654. The Morgan fingerprint density at radius 1 is 1.61 bits per heavy atom. The molecule has 1 amide bonds. The van der Waals surface area contributed by atoms with E-state index in [1.165, 1.54) is 12.5 Å². The molecule has 0 atom stereocenters. The van der Waals surface area contributed by atoms with Gasteiger partial charge in [-0.1, -0.05) is 5.16 Å². The number of amides is 1. The molecule has 0 aliphatic carbocycles. The molecule has 9 heteroatoms.